The minimum Gasteiger partial charge on any atom is -0.352 e. The second-order valence-corrected chi connectivity index (χ2v) is 1.54. The highest BCUT2D eigenvalue weighted by atomic mass is 16.2. The summed E-state index contributed by atoms with van der Waals surface area (Å²) in [6.07, 6.45) is 0.889. The van der Waals surface area contributed by atoms with E-state index in [2.05, 4.69) is 11.5 Å². The zero-order valence-electron chi connectivity index (χ0n) is 5.77. The van der Waals surface area contributed by atoms with E-state index in [9.17, 15) is 0 Å². The van der Waals surface area contributed by atoms with Crippen molar-refractivity contribution in [2.24, 2.45) is 11.5 Å². The fourth-order valence-electron chi connectivity index (χ4n) is 0. The molecule has 0 unspecified atom stereocenters. The molecule has 0 rings (SSSR count). The van der Waals surface area contributed by atoms with Gasteiger partial charge < -0.3 is 16.9 Å². The van der Waals surface area contributed by atoms with Gasteiger partial charge in [0.05, 0.1) is 0 Å². The summed E-state index contributed by atoms with van der Waals surface area (Å²) in [5, 5.41) is 6.74. The van der Waals surface area contributed by atoms with Gasteiger partial charge in [0.2, 0.25) is 0 Å². The molecule has 54 valence electrons. The summed E-state index contributed by atoms with van der Waals surface area (Å²) in [7, 11) is 0. The topological polar surface area (TPSA) is 93.0 Å². The molecule has 0 aromatic carbocycles. The van der Waals surface area contributed by atoms with Gasteiger partial charge in [-0.1, -0.05) is 6.92 Å². The Labute approximate surface area is 54.7 Å². The highest BCUT2D eigenvalue weighted by Crippen LogP contribution is 1.72. The third-order valence-electron chi connectivity index (χ3n) is 0.530. The summed E-state index contributed by atoms with van der Waals surface area (Å²) < 4.78 is 0. The fourth-order valence-corrected chi connectivity index (χ4v) is 0. The molecule has 0 aliphatic rings. The van der Waals surface area contributed by atoms with Gasteiger partial charge in [-0.15, -0.1) is 0 Å². The fraction of sp³-hybridized carbons (Fsp3) is 0.600. The van der Waals surface area contributed by atoms with Crippen LogP contribution in [-0.4, -0.2) is 11.7 Å². The van der Waals surface area contributed by atoms with Crippen LogP contribution in [-0.2, 0) is 0 Å². The zero-order chi connectivity index (χ0) is 7.86. The summed E-state index contributed by atoms with van der Waals surface area (Å²) in [6, 6.07) is -0.833. The first-order valence-corrected chi connectivity index (χ1v) is 2.59. The van der Waals surface area contributed by atoms with E-state index in [4.69, 9.17) is 10.2 Å². The summed E-state index contributed by atoms with van der Waals surface area (Å²) in [6.45, 7) is 3.78. The molecular formula is C5H13N3O. The maximum absolute atomic E-state index is 9.00. The largest absolute Gasteiger partial charge is 0.352 e. The Hall–Kier alpha value is -1.06. The van der Waals surface area contributed by atoms with E-state index in [1.807, 2.05) is 6.92 Å². The molecule has 9 heavy (non-hydrogen) atoms. The van der Waals surface area contributed by atoms with Gasteiger partial charge in [-0.2, -0.15) is 0 Å². The van der Waals surface area contributed by atoms with E-state index in [0.29, 0.717) is 0 Å². The Morgan fingerprint density at radius 3 is 1.67 bits per heavy atom. The maximum Gasteiger partial charge on any atom is 0.309 e. The van der Waals surface area contributed by atoms with Gasteiger partial charge in [-0.05, 0) is 13.3 Å². The van der Waals surface area contributed by atoms with Crippen molar-refractivity contribution in [1.82, 2.24) is 0 Å². The average molecular weight is 131 g/mol. The number of carbonyl (C=O) groups excluding carboxylic acids is 1. The highest BCUT2D eigenvalue weighted by molar-refractivity contribution is 5.78. The Morgan fingerprint density at radius 1 is 1.56 bits per heavy atom. The van der Waals surface area contributed by atoms with Crippen LogP contribution >= 0.6 is 0 Å². The molecule has 0 bridgehead atoms. The molecule has 0 aliphatic heterocycles. The summed E-state index contributed by atoms with van der Waals surface area (Å²) in [5.74, 6) is 0. The molecule has 0 atom stereocenters. The van der Waals surface area contributed by atoms with Crippen LogP contribution in [0.5, 0.6) is 0 Å². The van der Waals surface area contributed by atoms with Crippen LogP contribution in [0.1, 0.15) is 20.3 Å². The Balaban J connectivity index is 0. The lowest BCUT2D eigenvalue weighted by Crippen LogP contribution is -2.18. The Morgan fingerprint density at radius 2 is 1.67 bits per heavy atom. The van der Waals surface area contributed by atoms with E-state index >= 15 is 0 Å². The van der Waals surface area contributed by atoms with E-state index in [-0.39, 0.29) is 0 Å². The number of urea groups is 1. The number of hydrogen-bond acceptors (Lipinski definition) is 2. The van der Waals surface area contributed by atoms with Crippen molar-refractivity contribution in [3.8, 4) is 0 Å². The van der Waals surface area contributed by atoms with E-state index in [0.717, 1.165) is 12.1 Å². The zero-order valence-corrected chi connectivity index (χ0v) is 5.77. The van der Waals surface area contributed by atoms with Crippen LogP contribution in [0.3, 0.4) is 0 Å². The smallest absolute Gasteiger partial charge is 0.309 e. The van der Waals surface area contributed by atoms with E-state index in [1.54, 1.807) is 6.92 Å². The monoisotopic (exact) mass is 131 g/mol. The van der Waals surface area contributed by atoms with E-state index in [1.165, 1.54) is 0 Å². The third-order valence-corrected chi connectivity index (χ3v) is 0.530. The highest BCUT2D eigenvalue weighted by Gasteiger charge is 1.70. The molecule has 0 fully saturated rings. The molecule has 0 aliphatic carbocycles. The van der Waals surface area contributed by atoms with Gasteiger partial charge in [-0.3, -0.25) is 0 Å². The van der Waals surface area contributed by atoms with Gasteiger partial charge >= 0.3 is 6.03 Å². The van der Waals surface area contributed by atoms with Crippen molar-refractivity contribution in [3.63, 3.8) is 0 Å². The lowest BCUT2D eigenvalue weighted by molar-refractivity contribution is 0.256. The summed E-state index contributed by atoms with van der Waals surface area (Å²) in [4.78, 5) is 9.00. The minimum absolute atomic E-state index is 0.755. The minimum atomic E-state index is -0.833. The number of carbonyl (C=O) groups is 1. The summed E-state index contributed by atoms with van der Waals surface area (Å²) >= 11 is 0. The molecule has 0 aromatic rings. The van der Waals surface area contributed by atoms with Crippen molar-refractivity contribution >= 4 is 11.7 Å². The van der Waals surface area contributed by atoms with Crippen LogP contribution < -0.4 is 11.5 Å². The van der Waals surface area contributed by atoms with Crippen molar-refractivity contribution < 1.29 is 4.79 Å². The molecule has 0 aromatic heterocycles. The molecule has 2 amide bonds. The van der Waals surface area contributed by atoms with Crippen LogP contribution in [0.2, 0.25) is 0 Å². The molecule has 0 saturated heterocycles. The van der Waals surface area contributed by atoms with Crippen molar-refractivity contribution in [2.45, 2.75) is 20.3 Å². The number of nitrogens with one attached hydrogen (secondary N) is 1. The first kappa shape index (κ1) is 10.8. The van der Waals surface area contributed by atoms with Gasteiger partial charge in [0.25, 0.3) is 0 Å². The number of amides is 2. The quantitative estimate of drug-likeness (QED) is 0.443. The standard InChI is InChI=1S/C4H9N.CH4N2O/c1-3-4(2)5;2-1(3)4/h5H,3H2,1-2H3;(H4,2,3,4). The molecule has 0 saturated carbocycles. The van der Waals surface area contributed by atoms with Crippen LogP contribution in [0.15, 0.2) is 0 Å². The van der Waals surface area contributed by atoms with Crippen LogP contribution in [0.25, 0.3) is 0 Å². The molecule has 4 nitrogen and oxygen atoms in total. The number of nitrogens with two attached hydrogens (primary N) is 2. The Bertz CT molecular complexity index is 96.4. The summed E-state index contributed by atoms with van der Waals surface area (Å²) in [5.41, 5.74) is 9.25. The van der Waals surface area contributed by atoms with E-state index < -0.39 is 6.03 Å². The first-order valence-electron chi connectivity index (χ1n) is 2.59. The predicted octanol–water partition coefficient (Wildman–Crippen LogP) is 0.460. The Kier molecular flexibility index (Phi) is 8.36. The normalized spacial score (nSPS) is 6.89. The average Bonchev–Trinajstić information content (AvgIpc) is 1.65. The van der Waals surface area contributed by atoms with Crippen LogP contribution in [0, 0.1) is 5.41 Å². The molecule has 0 heterocycles. The number of hydrogen-bond donors (Lipinski definition) is 3. The van der Waals surface area contributed by atoms with Gasteiger partial charge in [0.1, 0.15) is 0 Å². The molecule has 5 N–H and O–H groups in total. The lowest BCUT2D eigenvalue weighted by Gasteiger charge is -1.77. The molecule has 4 heteroatoms. The third kappa shape index (κ3) is 192. The second kappa shape index (κ2) is 6.94. The number of primary amides is 2. The molecule has 0 radical (unpaired) electrons. The van der Waals surface area contributed by atoms with Crippen molar-refractivity contribution in [2.75, 3.05) is 0 Å². The van der Waals surface area contributed by atoms with Gasteiger partial charge in [0, 0.05) is 5.71 Å². The number of rotatable bonds is 1. The molecular weight excluding hydrogens is 118 g/mol. The van der Waals surface area contributed by atoms with Crippen LogP contribution in [0.4, 0.5) is 4.79 Å². The van der Waals surface area contributed by atoms with Crippen molar-refractivity contribution in [1.29, 1.82) is 5.41 Å². The SMILES string of the molecule is CCC(C)=N.NC(N)=O. The van der Waals surface area contributed by atoms with Crippen molar-refractivity contribution in [3.05, 3.63) is 0 Å². The van der Waals surface area contributed by atoms with Gasteiger partial charge in [-0.25, -0.2) is 4.79 Å². The maximum atomic E-state index is 9.00. The molecule has 0 spiro atoms. The lowest BCUT2D eigenvalue weighted by atomic mass is 10.3. The first-order chi connectivity index (χ1) is 4.00. The second-order valence-electron chi connectivity index (χ2n) is 1.54. The van der Waals surface area contributed by atoms with Gasteiger partial charge in [0.15, 0.2) is 0 Å². The predicted molar refractivity (Wildman–Crippen MR) is 37.5 cm³/mol.